The summed E-state index contributed by atoms with van der Waals surface area (Å²) in [5.74, 6) is -0.220. The van der Waals surface area contributed by atoms with Crippen LogP contribution in [-0.2, 0) is 17.5 Å². The highest BCUT2D eigenvalue weighted by molar-refractivity contribution is 5.92. The van der Waals surface area contributed by atoms with Gasteiger partial charge in [0.05, 0.1) is 12.1 Å². The van der Waals surface area contributed by atoms with Crippen molar-refractivity contribution in [1.82, 2.24) is 4.90 Å². The number of carbonyl (C=O) groups is 1. The van der Waals surface area contributed by atoms with Gasteiger partial charge in [0.1, 0.15) is 0 Å². The molecule has 2 aromatic carbocycles. The molecule has 1 N–H and O–H groups in total. The SMILES string of the molecule is O=C(CN(Cc1ccccc1)C1CC1)Nc1ccc(C(F)(F)F)cc1. The Labute approximate surface area is 144 Å². The van der Waals surface area contributed by atoms with Gasteiger partial charge in [-0.3, -0.25) is 9.69 Å². The van der Waals surface area contributed by atoms with Crippen molar-refractivity contribution >= 4 is 11.6 Å². The molecular formula is C19H19F3N2O. The van der Waals surface area contributed by atoms with E-state index in [9.17, 15) is 18.0 Å². The Hall–Kier alpha value is -2.34. The standard InChI is InChI=1S/C19H19F3N2O/c20-19(21,22)15-6-8-16(9-7-15)23-18(25)13-24(17-10-11-17)12-14-4-2-1-3-5-14/h1-9,17H,10-13H2,(H,23,25). The quantitative estimate of drug-likeness (QED) is 0.844. The minimum atomic E-state index is -4.37. The maximum absolute atomic E-state index is 12.6. The van der Waals surface area contributed by atoms with E-state index in [2.05, 4.69) is 10.2 Å². The lowest BCUT2D eigenvalue weighted by Gasteiger charge is -2.21. The van der Waals surface area contributed by atoms with Crippen LogP contribution in [0.3, 0.4) is 0 Å². The summed E-state index contributed by atoms with van der Waals surface area (Å²) in [6.07, 6.45) is -2.23. The Morgan fingerprint density at radius 2 is 1.68 bits per heavy atom. The number of anilines is 1. The van der Waals surface area contributed by atoms with Gasteiger partial charge >= 0.3 is 6.18 Å². The highest BCUT2D eigenvalue weighted by Crippen LogP contribution is 2.30. The zero-order valence-corrected chi connectivity index (χ0v) is 13.6. The molecule has 1 saturated carbocycles. The first-order chi connectivity index (χ1) is 11.9. The number of rotatable bonds is 6. The van der Waals surface area contributed by atoms with Gasteiger partial charge in [-0.1, -0.05) is 30.3 Å². The molecule has 0 aliphatic heterocycles. The van der Waals surface area contributed by atoms with Crippen molar-refractivity contribution in [3.05, 3.63) is 65.7 Å². The average molecular weight is 348 g/mol. The topological polar surface area (TPSA) is 32.3 Å². The predicted octanol–water partition coefficient (Wildman–Crippen LogP) is 4.31. The smallest absolute Gasteiger partial charge is 0.325 e. The van der Waals surface area contributed by atoms with Gasteiger partial charge in [-0.15, -0.1) is 0 Å². The molecule has 3 nitrogen and oxygen atoms in total. The van der Waals surface area contributed by atoms with E-state index >= 15 is 0 Å². The number of amides is 1. The number of carbonyl (C=O) groups excluding carboxylic acids is 1. The molecule has 3 rings (SSSR count). The molecular weight excluding hydrogens is 329 g/mol. The van der Waals surface area contributed by atoms with Crippen LogP contribution >= 0.6 is 0 Å². The van der Waals surface area contributed by atoms with Crippen LogP contribution in [0.4, 0.5) is 18.9 Å². The lowest BCUT2D eigenvalue weighted by molar-refractivity contribution is -0.137. The monoisotopic (exact) mass is 348 g/mol. The number of hydrogen-bond donors (Lipinski definition) is 1. The van der Waals surface area contributed by atoms with E-state index in [1.807, 2.05) is 30.3 Å². The lowest BCUT2D eigenvalue weighted by atomic mass is 10.2. The van der Waals surface area contributed by atoms with Gasteiger partial charge in [0.15, 0.2) is 0 Å². The molecule has 1 aliphatic rings. The Morgan fingerprint density at radius 3 is 2.24 bits per heavy atom. The fourth-order valence-electron chi connectivity index (χ4n) is 2.70. The van der Waals surface area contributed by atoms with E-state index in [0.717, 1.165) is 30.5 Å². The minimum Gasteiger partial charge on any atom is -0.325 e. The maximum atomic E-state index is 12.6. The second-order valence-corrected chi connectivity index (χ2v) is 6.25. The fraction of sp³-hybridized carbons (Fsp3) is 0.316. The molecule has 1 fully saturated rings. The molecule has 1 aliphatic carbocycles. The van der Waals surface area contributed by atoms with Crippen LogP contribution in [0.15, 0.2) is 54.6 Å². The van der Waals surface area contributed by atoms with Crippen LogP contribution < -0.4 is 5.32 Å². The average Bonchev–Trinajstić information content (AvgIpc) is 3.40. The van der Waals surface area contributed by atoms with E-state index in [0.29, 0.717) is 18.3 Å². The van der Waals surface area contributed by atoms with Crippen molar-refractivity contribution in [1.29, 1.82) is 0 Å². The van der Waals surface area contributed by atoms with Crippen LogP contribution in [0.1, 0.15) is 24.0 Å². The minimum absolute atomic E-state index is 0.220. The zero-order valence-electron chi connectivity index (χ0n) is 13.6. The zero-order chi connectivity index (χ0) is 17.9. The summed E-state index contributed by atoms with van der Waals surface area (Å²) in [5.41, 5.74) is 0.777. The molecule has 132 valence electrons. The molecule has 1 amide bonds. The molecule has 0 bridgehead atoms. The highest BCUT2D eigenvalue weighted by atomic mass is 19.4. The normalized spacial score (nSPS) is 14.6. The first-order valence-corrected chi connectivity index (χ1v) is 8.17. The summed E-state index contributed by atoms with van der Waals surface area (Å²) in [6, 6.07) is 14.8. The van der Waals surface area contributed by atoms with Gasteiger partial charge in [0, 0.05) is 18.3 Å². The van der Waals surface area contributed by atoms with Gasteiger partial charge in [-0.25, -0.2) is 0 Å². The highest BCUT2D eigenvalue weighted by Gasteiger charge is 2.31. The number of nitrogens with zero attached hydrogens (tertiary/aromatic N) is 1. The summed E-state index contributed by atoms with van der Waals surface area (Å²) in [4.78, 5) is 14.4. The molecule has 0 saturated heterocycles. The van der Waals surface area contributed by atoms with Crippen LogP contribution in [0.25, 0.3) is 0 Å². The summed E-state index contributed by atoms with van der Waals surface area (Å²) in [7, 11) is 0. The molecule has 6 heteroatoms. The molecule has 0 aromatic heterocycles. The number of halogens is 3. The Morgan fingerprint density at radius 1 is 1.04 bits per heavy atom. The Kier molecular flexibility index (Phi) is 5.08. The Balaban J connectivity index is 1.58. The van der Waals surface area contributed by atoms with Gasteiger partial charge in [0.2, 0.25) is 5.91 Å². The third-order valence-electron chi connectivity index (χ3n) is 4.13. The van der Waals surface area contributed by atoms with Crippen molar-refractivity contribution in [3.8, 4) is 0 Å². The summed E-state index contributed by atoms with van der Waals surface area (Å²) < 4.78 is 37.7. The van der Waals surface area contributed by atoms with Crippen molar-refractivity contribution in [2.24, 2.45) is 0 Å². The largest absolute Gasteiger partial charge is 0.416 e. The van der Waals surface area contributed by atoms with Crippen molar-refractivity contribution in [3.63, 3.8) is 0 Å². The van der Waals surface area contributed by atoms with E-state index < -0.39 is 11.7 Å². The number of nitrogens with one attached hydrogen (secondary N) is 1. The van der Waals surface area contributed by atoms with Crippen molar-refractivity contribution in [2.75, 3.05) is 11.9 Å². The molecule has 0 spiro atoms. The van der Waals surface area contributed by atoms with Gasteiger partial charge in [-0.2, -0.15) is 13.2 Å². The van der Waals surface area contributed by atoms with E-state index in [-0.39, 0.29) is 12.5 Å². The first kappa shape index (κ1) is 17.5. The predicted molar refractivity (Wildman–Crippen MR) is 89.9 cm³/mol. The van der Waals surface area contributed by atoms with Crippen molar-refractivity contribution in [2.45, 2.75) is 31.6 Å². The molecule has 0 heterocycles. The maximum Gasteiger partial charge on any atom is 0.416 e. The molecule has 0 atom stereocenters. The molecule has 0 radical (unpaired) electrons. The van der Waals surface area contributed by atoms with E-state index in [4.69, 9.17) is 0 Å². The number of hydrogen-bond acceptors (Lipinski definition) is 2. The number of alkyl halides is 3. The third-order valence-corrected chi connectivity index (χ3v) is 4.13. The van der Waals surface area contributed by atoms with E-state index in [1.165, 1.54) is 12.1 Å². The van der Waals surface area contributed by atoms with Crippen LogP contribution in [-0.4, -0.2) is 23.4 Å². The number of benzene rings is 2. The van der Waals surface area contributed by atoms with Crippen LogP contribution in [0, 0.1) is 0 Å². The van der Waals surface area contributed by atoms with Gasteiger partial charge in [-0.05, 0) is 42.7 Å². The molecule has 0 unspecified atom stereocenters. The Bertz CT molecular complexity index is 710. The second-order valence-electron chi connectivity index (χ2n) is 6.25. The second kappa shape index (κ2) is 7.27. The van der Waals surface area contributed by atoms with E-state index in [1.54, 1.807) is 0 Å². The van der Waals surface area contributed by atoms with Crippen molar-refractivity contribution < 1.29 is 18.0 Å². The summed E-state index contributed by atoms with van der Waals surface area (Å²) in [5, 5.41) is 2.67. The summed E-state index contributed by atoms with van der Waals surface area (Å²) >= 11 is 0. The summed E-state index contributed by atoms with van der Waals surface area (Å²) in [6.45, 7) is 0.909. The lowest BCUT2D eigenvalue weighted by Crippen LogP contribution is -2.34. The molecule has 2 aromatic rings. The first-order valence-electron chi connectivity index (χ1n) is 8.17. The van der Waals surface area contributed by atoms with Crippen LogP contribution in [0.2, 0.25) is 0 Å². The van der Waals surface area contributed by atoms with Gasteiger partial charge < -0.3 is 5.32 Å². The van der Waals surface area contributed by atoms with Crippen LogP contribution in [0.5, 0.6) is 0 Å². The third kappa shape index (κ3) is 5.06. The molecule has 25 heavy (non-hydrogen) atoms. The fourth-order valence-corrected chi connectivity index (χ4v) is 2.70. The van der Waals surface area contributed by atoms with Gasteiger partial charge in [0.25, 0.3) is 0 Å².